The molecule has 5 heteroatoms. The maximum atomic E-state index is 12.5. The topological polar surface area (TPSA) is 70.7 Å². The van der Waals surface area contributed by atoms with Crippen LogP contribution in [-0.2, 0) is 30.6 Å². The van der Waals surface area contributed by atoms with Gasteiger partial charge >= 0.3 is 0 Å². The first-order valence-electron chi connectivity index (χ1n) is 9.40. The summed E-state index contributed by atoms with van der Waals surface area (Å²) in [6.45, 7) is 4.58. The highest BCUT2D eigenvalue weighted by molar-refractivity contribution is 5.91. The molecule has 0 fully saturated rings. The number of benzene rings is 1. The number of amides is 1. The van der Waals surface area contributed by atoms with Crippen molar-refractivity contribution in [2.75, 3.05) is 5.32 Å². The van der Waals surface area contributed by atoms with E-state index < -0.39 is 0 Å². The van der Waals surface area contributed by atoms with Crippen molar-refractivity contribution in [2.45, 2.75) is 65.3 Å². The third kappa shape index (κ3) is 3.96. The fourth-order valence-corrected chi connectivity index (χ4v) is 3.82. The molecule has 1 amide bonds. The highest BCUT2D eigenvalue weighted by atomic mass is 16.1. The van der Waals surface area contributed by atoms with E-state index in [4.69, 9.17) is 5.26 Å². The van der Waals surface area contributed by atoms with E-state index in [0.717, 1.165) is 35.5 Å². The third-order valence-corrected chi connectivity index (χ3v) is 5.24. The molecule has 0 radical (unpaired) electrons. The van der Waals surface area contributed by atoms with Gasteiger partial charge in [0.1, 0.15) is 0 Å². The maximum absolute atomic E-state index is 12.5. The highest BCUT2D eigenvalue weighted by Crippen LogP contribution is 2.28. The molecule has 3 rings (SSSR count). The fourth-order valence-electron chi connectivity index (χ4n) is 3.82. The highest BCUT2D eigenvalue weighted by Gasteiger charge is 2.16. The quantitative estimate of drug-likeness (QED) is 0.860. The molecule has 1 aromatic carbocycles. The summed E-state index contributed by atoms with van der Waals surface area (Å²) in [6, 6.07) is 8.37. The molecule has 1 heterocycles. The van der Waals surface area contributed by atoms with Gasteiger partial charge in [-0.3, -0.25) is 9.48 Å². The lowest BCUT2D eigenvalue weighted by Crippen LogP contribution is -2.16. The van der Waals surface area contributed by atoms with Crippen molar-refractivity contribution in [1.82, 2.24) is 9.78 Å². The second kappa shape index (κ2) is 8.18. The summed E-state index contributed by atoms with van der Waals surface area (Å²) in [7, 11) is 0. The molecule has 26 heavy (non-hydrogen) atoms. The van der Waals surface area contributed by atoms with Crippen LogP contribution in [0.2, 0.25) is 0 Å². The number of hydrogen-bond donors (Lipinski definition) is 1. The SMILES string of the molecule is Cc1nn(CCC#N)c(C)c1CCC(=O)Nc1cccc2c1CCCC2. The molecule has 0 bridgehead atoms. The second-order valence-corrected chi connectivity index (χ2v) is 6.98. The van der Waals surface area contributed by atoms with E-state index in [-0.39, 0.29) is 5.91 Å². The molecule has 0 atom stereocenters. The predicted molar refractivity (Wildman–Crippen MR) is 102 cm³/mol. The Morgan fingerprint density at radius 1 is 1.31 bits per heavy atom. The van der Waals surface area contributed by atoms with Crippen molar-refractivity contribution < 1.29 is 4.79 Å². The first kappa shape index (κ1) is 18.2. The first-order chi connectivity index (χ1) is 12.6. The molecule has 1 aliphatic carbocycles. The standard InChI is InChI=1S/C21H26N4O/c1-15-18(16(2)25(24-15)14-6-13-22)11-12-21(26)23-20-10-5-8-17-7-3-4-9-19(17)20/h5,8,10H,3-4,6-7,9,11-12,14H2,1-2H3,(H,23,26). The Kier molecular flexibility index (Phi) is 5.72. The number of carbonyl (C=O) groups excluding carboxylic acids is 1. The van der Waals surface area contributed by atoms with Crippen molar-refractivity contribution in [2.24, 2.45) is 0 Å². The number of aryl methyl sites for hydroxylation is 3. The largest absolute Gasteiger partial charge is 0.326 e. The molecule has 1 N–H and O–H groups in total. The summed E-state index contributed by atoms with van der Waals surface area (Å²) in [6.07, 6.45) is 6.15. The molecule has 0 saturated heterocycles. The van der Waals surface area contributed by atoms with Crippen LogP contribution in [0.4, 0.5) is 5.69 Å². The van der Waals surface area contributed by atoms with Gasteiger partial charge < -0.3 is 5.32 Å². The zero-order valence-electron chi connectivity index (χ0n) is 15.6. The number of rotatable bonds is 6. The fraction of sp³-hybridized carbons (Fsp3) is 0.476. The van der Waals surface area contributed by atoms with E-state index >= 15 is 0 Å². The van der Waals surface area contributed by atoms with Crippen LogP contribution in [0.15, 0.2) is 18.2 Å². The molecule has 2 aromatic rings. The Balaban J connectivity index is 1.64. The molecule has 0 spiro atoms. The Morgan fingerprint density at radius 2 is 2.12 bits per heavy atom. The van der Waals surface area contributed by atoms with E-state index in [2.05, 4.69) is 22.6 Å². The summed E-state index contributed by atoms with van der Waals surface area (Å²) in [5, 5.41) is 16.4. The first-order valence-corrected chi connectivity index (χ1v) is 9.40. The summed E-state index contributed by atoms with van der Waals surface area (Å²) in [4.78, 5) is 12.5. The van der Waals surface area contributed by atoms with Gasteiger partial charge in [-0.25, -0.2) is 0 Å². The molecule has 0 saturated carbocycles. The molecular weight excluding hydrogens is 324 g/mol. The molecular formula is C21H26N4O. The zero-order chi connectivity index (χ0) is 18.5. The van der Waals surface area contributed by atoms with Gasteiger partial charge in [0.15, 0.2) is 0 Å². The van der Waals surface area contributed by atoms with Gasteiger partial charge in [-0.1, -0.05) is 12.1 Å². The average molecular weight is 350 g/mol. The van der Waals surface area contributed by atoms with Gasteiger partial charge in [0.25, 0.3) is 0 Å². The Bertz CT molecular complexity index is 844. The van der Waals surface area contributed by atoms with Gasteiger partial charge in [-0.05, 0) is 68.7 Å². The molecule has 0 aliphatic heterocycles. The summed E-state index contributed by atoms with van der Waals surface area (Å²) in [5.74, 6) is 0.0487. The smallest absolute Gasteiger partial charge is 0.224 e. The number of nitrogens with zero attached hydrogens (tertiary/aromatic N) is 3. The number of fused-ring (bicyclic) bond motifs is 1. The van der Waals surface area contributed by atoms with Crippen molar-refractivity contribution in [1.29, 1.82) is 5.26 Å². The Morgan fingerprint density at radius 3 is 2.92 bits per heavy atom. The van der Waals surface area contributed by atoms with Crippen LogP contribution in [0.25, 0.3) is 0 Å². The predicted octanol–water partition coefficient (Wildman–Crippen LogP) is 3.86. The summed E-state index contributed by atoms with van der Waals surface area (Å²) in [5.41, 5.74) is 6.79. The van der Waals surface area contributed by atoms with Crippen LogP contribution >= 0.6 is 0 Å². The van der Waals surface area contributed by atoms with Crippen LogP contribution in [0.1, 0.15) is 53.8 Å². The summed E-state index contributed by atoms with van der Waals surface area (Å²) >= 11 is 0. The monoisotopic (exact) mass is 350 g/mol. The van der Waals surface area contributed by atoms with Gasteiger partial charge in [0, 0.05) is 17.8 Å². The average Bonchev–Trinajstić information content (AvgIpc) is 2.92. The van der Waals surface area contributed by atoms with Crippen molar-refractivity contribution in [3.05, 3.63) is 46.3 Å². The van der Waals surface area contributed by atoms with E-state index in [1.165, 1.54) is 24.0 Å². The number of nitrogens with one attached hydrogen (secondary N) is 1. The number of hydrogen-bond acceptors (Lipinski definition) is 3. The minimum Gasteiger partial charge on any atom is -0.326 e. The lowest BCUT2D eigenvalue weighted by molar-refractivity contribution is -0.116. The molecule has 1 aliphatic rings. The van der Waals surface area contributed by atoms with E-state index in [1.54, 1.807) is 0 Å². The molecule has 0 unspecified atom stereocenters. The van der Waals surface area contributed by atoms with Crippen LogP contribution in [0, 0.1) is 25.2 Å². The van der Waals surface area contributed by atoms with Crippen LogP contribution < -0.4 is 5.32 Å². The van der Waals surface area contributed by atoms with E-state index in [1.807, 2.05) is 30.7 Å². The number of nitriles is 1. The Labute approximate surface area is 155 Å². The molecule has 5 nitrogen and oxygen atoms in total. The normalized spacial score (nSPS) is 13.1. The van der Waals surface area contributed by atoms with Gasteiger partial charge in [-0.2, -0.15) is 10.4 Å². The molecule has 1 aromatic heterocycles. The van der Waals surface area contributed by atoms with E-state index in [0.29, 0.717) is 25.8 Å². The van der Waals surface area contributed by atoms with Crippen molar-refractivity contribution >= 4 is 11.6 Å². The number of aromatic nitrogens is 2. The zero-order valence-corrected chi connectivity index (χ0v) is 15.6. The molecule has 136 valence electrons. The third-order valence-electron chi connectivity index (χ3n) is 5.24. The maximum Gasteiger partial charge on any atom is 0.224 e. The van der Waals surface area contributed by atoms with Crippen LogP contribution in [0.3, 0.4) is 0 Å². The number of carbonyl (C=O) groups is 1. The van der Waals surface area contributed by atoms with Crippen molar-refractivity contribution in [3.8, 4) is 6.07 Å². The number of anilines is 1. The minimum atomic E-state index is 0.0487. The lowest BCUT2D eigenvalue weighted by atomic mass is 9.90. The van der Waals surface area contributed by atoms with Gasteiger partial charge in [0.2, 0.25) is 5.91 Å². The van der Waals surface area contributed by atoms with E-state index in [9.17, 15) is 4.79 Å². The minimum absolute atomic E-state index is 0.0487. The Hall–Kier alpha value is -2.61. The lowest BCUT2D eigenvalue weighted by Gasteiger charge is -2.19. The summed E-state index contributed by atoms with van der Waals surface area (Å²) < 4.78 is 1.87. The van der Waals surface area contributed by atoms with Gasteiger partial charge in [0.05, 0.1) is 24.7 Å². The second-order valence-electron chi connectivity index (χ2n) is 6.98. The van der Waals surface area contributed by atoms with Crippen molar-refractivity contribution in [3.63, 3.8) is 0 Å². The van der Waals surface area contributed by atoms with Gasteiger partial charge in [-0.15, -0.1) is 0 Å². The van der Waals surface area contributed by atoms with Crippen LogP contribution in [0.5, 0.6) is 0 Å². The van der Waals surface area contributed by atoms with Crippen LogP contribution in [-0.4, -0.2) is 15.7 Å².